The number of rotatable bonds is 1. The molecule has 0 amide bonds. The Kier molecular flexibility index (Phi) is 2.82. The minimum atomic E-state index is -0.441. The SMILES string of the molecule is COC1CCSC([O])C1. The predicted octanol–water partition coefficient (Wildman–Crippen LogP) is 1.28. The second-order valence-electron chi connectivity index (χ2n) is 2.18. The van der Waals surface area contributed by atoms with Crippen molar-refractivity contribution in [3.8, 4) is 0 Å². The summed E-state index contributed by atoms with van der Waals surface area (Å²) in [5.74, 6) is 0.965. The van der Waals surface area contributed by atoms with Crippen LogP contribution < -0.4 is 0 Å². The summed E-state index contributed by atoms with van der Waals surface area (Å²) in [5.41, 5.74) is -0.441. The Bertz CT molecular complexity index is 87.1. The van der Waals surface area contributed by atoms with Crippen molar-refractivity contribution in [1.29, 1.82) is 0 Å². The van der Waals surface area contributed by atoms with Crippen LogP contribution in [0.25, 0.3) is 0 Å². The van der Waals surface area contributed by atoms with Gasteiger partial charge in [0.1, 0.15) is 5.44 Å². The van der Waals surface area contributed by atoms with Gasteiger partial charge in [-0.25, -0.2) is 5.11 Å². The number of ether oxygens (including phenoxy) is 1. The van der Waals surface area contributed by atoms with E-state index in [4.69, 9.17) is 4.74 Å². The van der Waals surface area contributed by atoms with Crippen LogP contribution in [0.5, 0.6) is 0 Å². The molecule has 1 saturated heterocycles. The summed E-state index contributed by atoms with van der Waals surface area (Å²) in [7, 11) is 1.67. The van der Waals surface area contributed by atoms with Gasteiger partial charge in [-0.05, 0) is 12.2 Å². The lowest BCUT2D eigenvalue weighted by molar-refractivity contribution is 0.0433. The van der Waals surface area contributed by atoms with Crippen molar-refractivity contribution in [3.05, 3.63) is 0 Å². The van der Waals surface area contributed by atoms with Gasteiger partial charge in [0.25, 0.3) is 0 Å². The van der Waals surface area contributed by atoms with Crippen LogP contribution in [0.2, 0.25) is 0 Å². The van der Waals surface area contributed by atoms with Crippen LogP contribution >= 0.6 is 11.8 Å². The van der Waals surface area contributed by atoms with Gasteiger partial charge in [-0.1, -0.05) is 0 Å². The predicted molar refractivity (Wildman–Crippen MR) is 37.0 cm³/mol. The topological polar surface area (TPSA) is 29.1 Å². The fourth-order valence-electron chi connectivity index (χ4n) is 0.946. The van der Waals surface area contributed by atoms with E-state index in [0.29, 0.717) is 6.42 Å². The standard InChI is InChI=1S/C6H11O2S/c1-8-5-2-3-9-6(7)4-5/h5-6H,2-4H2,1H3. The summed E-state index contributed by atoms with van der Waals surface area (Å²) in [5, 5.41) is 10.8. The maximum absolute atomic E-state index is 10.8. The Morgan fingerprint density at radius 2 is 2.44 bits per heavy atom. The van der Waals surface area contributed by atoms with Crippen molar-refractivity contribution in [2.75, 3.05) is 12.9 Å². The first-order chi connectivity index (χ1) is 4.33. The number of hydrogen-bond donors (Lipinski definition) is 0. The van der Waals surface area contributed by atoms with Crippen LogP contribution in [0.1, 0.15) is 12.8 Å². The largest absolute Gasteiger partial charge is 0.381 e. The molecule has 0 aromatic rings. The highest BCUT2D eigenvalue weighted by Gasteiger charge is 2.20. The van der Waals surface area contributed by atoms with Gasteiger partial charge in [-0.15, -0.1) is 11.8 Å². The molecule has 1 radical (unpaired) electrons. The maximum Gasteiger partial charge on any atom is 0.141 e. The van der Waals surface area contributed by atoms with E-state index in [9.17, 15) is 5.11 Å². The van der Waals surface area contributed by atoms with E-state index in [1.54, 1.807) is 7.11 Å². The van der Waals surface area contributed by atoms with Crippen molar-refractivity contribution in [3.63, 3.8) is 0 Å². The third kappa shape index (κ3) is 2.16. The molecule has 0 N–H and O–H groups in total. The van der Waals surface area contributed by atoms with Gasteiger partial charge in [-0.2, -0.15) is 0 Å². The van der Waals surface area contributed by atoms with E-state index in [2.05, 4.69) is 0 Å². The highest BCUT2D eigenvalue weighted by molar-refractivity contribution is 7.99. The second kappa shape index (κ2) is 3.44. The molecule has 2 nitrogen and oxygen atoms in total. The Hall–Kier alpha value is 0.270. The maximum atomic E-state index is 10.8. The summed E-state index contributed by atoms with van der Waals surface area (Å²) in [4.78, 5) is 0. The van der Waals surface area contributed by atoms with Crippen LogP contribution in [0.3, 0.4) is 0 Å². The Balaban J connectivity index is 2.23. The van der Waals surface area contributed by atoms with Gasteiger partial charge < -0.3 is 4.74 Å². The lowest BCUT2D eigenvalue weighted by Gasteiger charge is -2.22. The third-order valence-corrected chi connectivity index (χ3v) is 2.57. The Morgan fingerprint density at radius 1 is 1.67 bits per heavy atom. The first-order valence-electron chi connectivity index (χ1n) is 3.13. The highest BCUT2D eigenvalue weighted by Crippen LogP contribution is 2.24. The average Bonchev–Trinajstić information content (AvgIpc) is 1.88. The zero-order chi connectivity index (χ0) is 6.69. The van der Waals surface area contributed by atoms with Gasteiger partial charge in [0.05, 0.1) is 6.10 Å². The smallest absolute Gasteiger partial charge is 0.141 e. The van der Waals surface area contributed by atoms with Gasteiger partial charge in [0.2, 0.25) is 0 Å². The fraction of sp³-hybridized carbons (Fsp3) is 1.00. The van der Waals surface area contributed by atoms with Crippen molar-refractivity contribution < 1.29 is 9.84 Å². The molecule has 1 fully saturated rings. The minimum absolute atomic E-state index is 0.230. The number of thioether (sulfide) groups is 1. The van der Waals surface area contributed by atoms with E-state index >= 15 is 0 Å². The summed E-state index contributed by atoms with van der Waals surface area (Å²) in [6, 6.07) is 0. The number of methoxy groups -OCH3 is 1. The summed E-state index contributed by atoms with van der Waals surface area (Å²) < 4.78 is 5.05. The Labute approximate surface area is 59.6 Å². The number of hydrogen-bond acceptors (Lipinski definition) is 2. The molecular formula is C6H11O2S. The average molecular weight is 147 g/mol. The molecule has 0 aliphatic carbocycles. The first kappa shape index (κ1) is 7.38. The summed E-state index contributed by atoms with van der Waals surface area (Å²) in [6.45, 7) is 0. The molecule has 1 aliphatic rings. The van der Waals surface area contributed by atoms with Crippen LogP contribution in [-0.2, 0) is 9.84 Å². The van der Waals surface area contributed by atoms with Crippen LogP contribution in [0, 0.1) is 0 Å². The van der Waals surface area contributed by atoms with E-state index in [1.165, 1.54) is 11.8 Å². The second-order valence-corrected chi connectivity index (χ2v) is 3.45. The molecule has 0 aromatic carbocycles. The molecule has 2 atom stereocenters. The molecule has 0 saturated carbocycles. The van der Waals surface area contributed by atoms with Crippen molar-refractivity contribution >= 4 is 11.8 Å². The van der Waals surface area contributed by atoms with Gasteiger partial charge in [0.15, 0.2) is 0 Å². The molecular weight excluding hydrogens is 136 g/mol. The molecule has 1 aliphatic heterocycles. The van der Waals surface area contributed by atoms with Crippen LogP contribution in [0.4, 0.5) is 0 Å². The minimum Gasteiger partial charge on any atom is -0.381 e. The Morgan fingerprint density at radius 3 is 2.89 bits per heavy atom. The molecule has 53 valence electrons. The molecule has 2 unspecified atom stereocenters. The van der Waals surface area contributed by atoms with Gasteiger partial charge >= 0.3 is 0 Å². The normalized spacial score (nSPS) is 36.7. The zero-order valence-corrected chi connectivity index (χ0v) is 6.32. The highest BCUT2D eigenvalue weighted by atomic mass is 32.2. The monoisotopic (exact) mass is 147 g/mol. The summed E-state index contributed by atoms with van der Waals surface area (Å²) in [6.07, 6.45) is 1.95. The van der Waals surface area contributed by atoms with Crippen LogP contribution in [0.15, 0.2) is 0 Å². The lowest BCUT2D eigenvalue weighted by Crippen LogP contribution is -2.22. The summed E-state index contributed by atoms with van der Waals surface area (Å²) >= 11 is 1.50. The molecule has 9 heavy (non-hydrogen) atoms. The quantitative estimate of drug-likeness (QED) is 0.559. The fourth-order valence-corrected chi connectivity index (χ4v) is 1.96. The molecule has 1 heterocycles. The van der Waals surface area contributed by atoms with E-state index in [1.807, 2.05) is 0 Å². The van der Waals surface area contributed by atoms with Crippen LogP contribution in [-0.4, -0.2) is 24.4 Å². The molecule has 1 rings (SSSR count). The van der Waals surface area contributed by atoms with Crippen molar-refractivity contribution in [2.24, 2.45) is 0 Å². The van der Waals surface area contributed by atoms with Gasteiger partial charge in [0, 0.05) is 13.5 Å². The van der Waals surface area contributed by atoms with Gasteiger partial charge in [-0.3, -0.25) is 0 Å². The molecule has 0 spiro atoms. The lowest BCUT2D eigenvalue weighted by atomic mass is 10.2. The zero-order valence-electron chi connectivity index (χ0n) is 5.50. The van der Waals surface area contributed by atoms with E-state index in [-0.39, 0.29) is 6.10 Å². The van der Waals surface area contributed by atoms with E-state index < -0.39 is 5.44 Å². The first-order valence-corrected chi connectivity index (χ1v) is 4.18. The third-order valence-electron chi connectivity index (χ3n) is 1.53. The molecule has 3 heteroatoms. The van der Waals surface area contributed by atoms with E-state index in [0.717, 1.165) is 12.2 Å². The molecule has 0 bridgehead atoms. The van der Waals surface area contributed by atoms with Crippen molar-refractivity contribution in [2.45, 2.75) is 24.4 Å². The van der Waals surface area contributed by atoms with Crippen molar-refractivity contribution in [1.82, 2.24) is 0 Å². The molecule has 0 aromatic heterocycles.